The van der Waals surface area contributed by atoms with Crippen molar-refractivity contribution in [2.75, 3.05) is 25.1 Å². The maximum Gasteiger partial charge on any atom is 0.337 e. The first-order valence-corrected chi connectivity index (χ1v) is 9.02. The topological polar surface area (TPSA) is 87.7 Å². The van der Waals surface area contributed by atoms with Crippen LogP contribution in [0.3, 0.4) is 0 Å². The minimum absolute atomic E-state index is 0.134. The van der Waals surface area contributed by atoms with Crippen molar-refractivity contribution in [3.8, 4) is 0 Å². The quantitative estimate of drug-likeness (QED) is 0.762. The molecule has 142 valence electrons. The van der Waals surface area contributed by atoms with Crippen molar-refractivity contribution in [1.29, 1.82) is 0 Å². The molecule has 0 atom stereocenters. The van der Waals surface area contributed by atoms with Crippen LogP contribution in [-0.4, -0.2) is 44.1 Å². The van der Waals surface area contributed by atoms with E-state index in [2.05, 4.69) is 15.4 Å². The predicted octanol–water partition coefficient (Wildman–Crippen LogP) is 2.46. The molecule has 0 radical (unpaired) electrons. The Balaban J connectivity index is 1.84. The molecule has 0 aromatic heterocycles. The van der Waals surface area contributed by atoms with Crippen LogP contribution in [0.15, 0.2) is 24.3 Å². The summed E-state index contributed by atoms with van der Waals surface area (Å²) in [6.45, 7) is 2.16. The molecule has 1 aliphatic rings. The third kappa shape index (κ3) is 5.75. The zero-order chi connectivity index (χ0) is 18.9. The van der Waals surface area contributed by atoms with Gasteiger partial charge in [-0.3, -0.25) is 4.79 Å². The molecule has 1 fully saturated rings. The van der Waals surface area contributed by atoms with E-state index < -0.39 is 5.97 Å². The van der Waals surface area contributed by atoms with Gasteiger partial charge in [-0.05, 0) is 37.1 Å². The van der Waals surface area contributed by atoms with Crippen LogP contribution in [-0.2, 0) is 9.53 Å². The van der Waals surface area contributed by atoms with E-state index in [1.807, 2.05) is 0 Å². The number of hydrogen-bond acceptors (Lipinski definition) is 4. The molecule has 2 rings (SSSR count). The Kier molecular flexibility index (Phi) is 7.44. The lowest BCUT2D eigenvalue weighted by Crippen LogP contribution is -2.45. The first-order chi connectivity index (χ1) is 12.5. The Morgan fingerprint density at radius 1 is 1.12 bits per heavy atom. The molecule has 0 spiro atoms. The van der Waals surface area contributed by atoms with E-state index in [0.29, 0.717) is 24.3 Å². The molecule has 0 saturated heterocycles. The summed E-state index contributed by atoms with van der Waals surface area (Å²) in [5.41, 5.74) is 1.09. The number of rotatable bonds is 6. The maximum atomic E-state index is 12.0. The molecule has 0 unspecified atom stereocenters. The van der Waals surface area contributed by atoms with Crippen molar-refractivity contribution in [2.24, 2.45) is 0 Å². The van der Waals surface area contributed by atoms with Crippen molar-refractivity contribution in [1.82, 2.24) is 10.6 Å². The van der Waals surface area contributed by atoms with Crippen molar-refractivity contribution >= 4 is 23.6 Å². The summed E-state index contributed by atoms with van der Waals surface area (Å²) in [5, 5.41) is 5.79. The lowest BCUT2D eigenvalue weighted by molar-refractivity contribution is -0.116. The zero-order valence-electron chi connectivity index (χ0n) is 15.4. The first-order valence-electron chi connectivity index (χ1n) is 9.02. The highest BCUT2D eigenvalue weighted by Crippen LogP contribution is 2.17. The normalized spacial score (nSPS) is 14.4. The average Bonchev–Trinajstić information content (AvgIpc) is 2.65. The highest BCUT2D eigenvalue weighted by Gasteiger charge is 2.16. The number of methoxy groups -OCH3 is 1. The van der Waals surface area contributed by atoms with E-state index in [9.17, 15) is 14.4 Å². The van der Waals surface area contributed by atoms with Crippen LogP contribution in [0.5, 0.6) is 0 Å². The molecule has 3 amide bonds. The summed E-state index contributed by atoms with van der Waals surface area (Å²) >= 11 is 0. The van der Waals surface area contributed by atoms with Gasteiger partial charge in [-0.15, -0.1) is 0 Å². The van der Waals surface area contributed by atoms with E-state index in [1.54, 1.807) is 29.2 Å². The Labute approximate surface area is 154 Å². The number of amides is 3. The van der Waals surface area contributed by atoms with Gasteiger partial charge in [-0.1, -0.05) is 19.3 Å². The lowest BCUT2D eigenvalue weighted by Gasteiger charge is -2.24. The molecule has 0 heterocycles. The van der Waals surface area contributed by atoms with Crippen LogP contribution in [0.25, 0.3) is 0 Å². The van der Waals surface area contributed by atoms with Gasteiger partial charge in [0.2, 0.25) is 5.91 Å². The number of ether oxygens (including phenoxy) is 1. The fourth-order valence-corrected chi connectivity index (χ4v) is 3.13. The number of benzene rings is 1. The largest absolute Gasteiger partial charge is 0.465 e. The van der Waals surface area contributed by atoms with Gasteiger partial charge in [0.25, 0.3) is 0 Å². The molecular formula is C19H27N3O4. The Morgan fingerprint density at radius 2 is 1.77 bits per heavy atom. The van der Waals surface area contributed by atoms with Gasteiger partial charge in [-0.2, -0.15) is 0 Å². The minimum Gasteiger partial charge on any atom is -0.465 e. The number of esters is 1. The number of carbonyl (C=O) groups excluding carboxylic acids is 3. The summed E-state index contributed by atoms with van der Waals surface area (Å²) in [7, 11) is 1.32. The number of hydrogen-bond donors (Lipinski definition) is 2. The summed E-state index contributed by atoms with van der Waals surface area (Å²) in [5.74, 6) is -0.558. The van der Waals surface area contributed by atoms with Gasteiger partial charge in [-0.25, -0.2) is 9.59 Å². The molecular weight excluding hydrogens is 334 g/mol. The van der Waals surface area contributed by atoms with Crippen molar-refractivity contribution in [3.63, 3.8) is 0 Å². The maximum absolute atomic E-state index is 12.0. The lowest BCUT2D eigenvalue weighted by atomic mass is 9.96. The zero-order valence-corrected chi connectivity index (χ0v) is 15.4. The van der Waals surface area contributed by atoms with Crippen LogP contribution in [0.1, 0.15) is 49.4 Å². The third-order valence-corrected chi connectivity index (χ3v) is 4.54. The fraction of sp³-hybridized carbons (Fsp3) is 0.526. The van der Waals surface area contributed by atoms with Crippen molar-refractivity contribution in [3.05, 3.63) is 29.8 Å². The Hall–Kier alpha value is -2.57. The second-order valence-corrected chi connectivity index (χ2v) is 6.44. The number of nitrogens with zero attached hydrogens (tertiary/aromatic N) is 1. The summed E-state index contributed by atoms with van der Waals surface area (Å²) in [6, 6.07) is 6.66. The van der Waals surface area contributed by atoms with E-state index in [0.717, 1.165) is 25.7 Å². The number of urea groups is 1. The molecule has 2 N–H and O–H groups in total. The first kappa shape index (κ1) is 19.8. The van der Waals surface area contributed by atoms with Crippen LogP contribution < -0.4 is 15.5 Å². The number of anilines is 1. The van der Waals surface area contributed by atoms with Gasteiger partial charge in [0, 0.05) is 31.7 Å². The molecule has 0 aliphatic heterocycles. The number of nitrogens with one attached hydrogen (secondary N) is 2. The number of carbonyl (C=O) groups is 3. The summed E-state index contributed by atoms with van der Waals surface area (Å²) in [4.78, 5) is 36.9. The van der Waals surface area contributed by atoms with Gasteiger partial charge in [0.1, 0.15) is 0 Å². The highest BCUT2D eigenvalue weighted by molar-refractivity contribution is 5.93. The monoisotopic (exact) mass is 361 g/mol. The SMILES string of the molecule is COC(=O)c1ccc(N(CCNC(=O)NC2CCCCC2)C(C)=O)cc1. The van der Waals surface area contributed by atoms with Crippen LogP contribution >= 0.6 is 0 Å². The van der Waals surface area contributed by atoms with Crippen LogP contribution in [0, 0.1) is 0 Å². The van der Waals surface area contributed by atoms with Crippen molar-refractivity contribution in [2.45, 2.75) is 45.1 Å². The molecule has 7 nitrogen and oxygen atoms in total. The summed E-state index contributed by atoms with van der Waals surface area (Å²) < 4.78 is 4.66. The summed E-state index contributed by atoms with van der Waals surface area (Å²) in [6.07, 6.45) is 5.61. The van der Waals surface area contributed by atoms with Crippen LogP contribution in [0.2, 0.25) is 0 Å². The smallest absolute Gasteiger partial charge is 0.337 e. The van der Waals surface area contributed by atoms with Crippen molar-refractivity contribution < 1.29 is 19.1 Å². The van der Waals surface area contributed by atoms with E-state index in [-0.39, 0.29) is 18.0 Å². The molecule has 1 saturated carbocycles. The molecule has 1 aromatic rings. The molecule has 0 bridgehead atoms. The predicted molar refractivity (Wildman–Crippen MR) is 99.2 cm³/mol. The molecule has 1 aliphatic carbocycles. The minimum atomic E-state index is -0.424. The van der Waals surface area contributed by atoms with E-state index in [4.69, 9.17) is 0 Å². The Morgan fingerprint density at radius 3 is 2.35 bits per heavy atom. The molecule has 26 heavy (non-hydrogen) atoms. The second kappa shape index (κ2) is 9.79. The van der Waals surface area contributed by atoms with Gasteiger partial charge >= 0.3 is 12.0 Å². The van der Waals surface area contributed by atoms with E-state index >= 15 is 0 Å². The molecule has 1 aromatic carbocycles. The highest BCUT2D eigenvalue weighted by atomic mass is 16.5. The molecule has 7 heteroatoms. The van der Waals surface area contributed by atoms with Gasteiger partial charge < -0.3 is 20.3 Å². The van der Waals surface area contributed by atoms with E-state index in [1.165, 1.54) is 20.5 Å². The Bertz CT molecular complexity index is 624. The third-order valence-electron chi connectivity index (χ3n) is 4.54. The second-order valence-electron chi connectivity index (χ2n) is 6.44. The van der Waals surface area contributed by atoms with Crippen LogP contribution in [0.4, 0.5) is 10.5 Å². The van der Waals surface area contributed by atoms with Gasteiger partial charge in [0.15, 0.2) is 0 Å². The standard InChI is InChI=1S/C19H27N3O4/c1-14(23)22(17-10-8-15(9-11-17)18(24)26-2)13-12-20-19(25)21-16-6-4-3-5-7-16/h8-11,16H,3-7,12-13H2,1-2H3,(H2,20,21,25). The van der Waals surface area contributed by atoms with Gasteiger partial charge in [0.05, 0.1) is 12.7 Å². The fourth-order valence-electron chi connectivity index (χ4n) is 3.13. The average molecular weight is 361 g/mol.